The molecule has 0 aliphatic carbocycles. The molecule has 1 unspecified atom stereocenters. The van der Waals surface area contributed by atoms with E-state index < -0.39 is 6.04 Å². The summed E-state index contributed by atoms with van der Waals surface area (Å²) in [4.78, 5) is 15.2. The lowest BCUT2D eigenvalue weighted by atomic mass is 10.0. The fraction of sp³-hybridized carbons (Fsp3) is 0.400. The summed E-state index contributed by atoms with van der Waals surface area (Å²) >= 11 is 0. The Morgan fingerprint density at radius 3 is 2.61 bits per heavy atom. The Kier molecular flexibility index (Phi) is 6.65. The van der Waals surface area contributed by atoms with Crippen molar-refractivity contribution in [2.24, 2.45) is 0 Å². The molecular formula is C25H31N5O. The normalized spacial score (nSPS) is 14.4. The van der Waals surface area contributed by atoms with E-state index in [0.29, 0.717) is 13.1 Å². The second-order valence-corrected chi connectivity index (χ2v) is 7.98. The van der Waals surface area contributed by atoms with E-state index in [0.717, 1.165) is 47.8 Å². The number of nitrogens with one attached hydrogen (secondary N) is 1. The van der Waals surface area contributed by atoms with E-state index in [1.54, 1.807) is 0 Å². The predicted molar refractivity (Wildman–Crippen MR) is 124 cm³/mol. The number of rotatable bonds is 7. The van der Waals surface area contributed by atoms with Crippen LogP contribution in [-0.4, -0.2) is 38.7 Å². The van der Waals surface area contributed by atoms with Crippen LogP contribution in [0.5, 0.6) is 0 Å². The van der Waals surface area contributed by atoms with Gasteiger partial charge in [0.15, 0.2) is 5.82 Å². The van der Waals surface area contributed by atoms with Crippen LogP contribution in [0.2, 0.25) is 0 Å². The van der Waals surface area contributed by atoms with Crippen molar-refractivity contribution in [3.63, 3.8) is 0 Å². The monoisotopic (exact) mass is 417 g/mol. The van der Waals surface area contributed by atoms with Crippen molar-refractivity contribution in [3.05, 3.63) is 66.0 Å². The molecule has 1 aromatic heterocycles. The van der Waals surface area contributed by atoms with Crippen LogP contribution in [-0.2, 0) is 17.8 Å². The molecular weight excluding hydrogens is 386 g/mol. The highest BCUT2D eigenvalue weighted by Gasteiger charge is 2.25. The van der Waals surface area contributed by atoms with Gasteiger partial charge in [0.2, 0.25) is 5.91 Å². The average molecular weight is 418 g/mol. The van der Waals surface area contributed by atoms with Gasteiger partial charge in [-0.25, -0.2) is 0 Å². The highest BCUT2D eigenvalue weighted by Crippen LogP contribution is 2.27. The van der Waals surface area contributed by atoms with Gasteiger partial charge in [-0.1, -0.05) is 48.9 Å². The van der Waals surface area contributed by atoms with Gasteiger partial charge in [0.25, 0.3) is 0 Å². The van der Waals surface area contributed by atoms with Gasteiger partial charge in [0, 0.05) is 37.3 Å². The molecule has 162 valence electrons. The molecule has 0 spiro atoms. The van der Waals surface area contributed by atoms with Crippen LogP contribution in [0, 0.1) is 0 Å². The first-order valence-corrected chi connectivity index (χ1v) is 11.3. The van der Waals surface area contributed by atoms with E-state index in [-0.39, 0.29) is 5.91 Å². The number of carbonyl (C=O) groups is 1. The summed E-state index contributed by atoms with van der Waals surface area (Å²) in [5.41, 5.74) is 2.88. The quantitative estimate of drug-likeness (QED) is 0.606. The SMILES string of the molecule is CCN(CC)C(=O)C(Nc1cccc(-c2nnc3n2CCCCC3)c1)c1ccccc1. The van der Waals surface area contributed by atoms with Crippen molar-refractivity contribution in [1.82, 2.24) is 19.7 Å². The van der Waals surface area contributed by atoms with Crippen LogP contribution in [0.15, 0.2) is 54.6 Å². The van der Waals surface area contributed by atoms with Crippen LogP contribution in [0.25, 0.3) is 11.4 Å². The Bertz CT molecular complexity index is 1010. The zero-order valence-corrected chi connectivity index (χ0v) is 18.4. The first-order chi connectivity index (χ1) is 15.2. The number of amides is 1. The zero-order valence-electron chi connectivity index (χ0n) is 18.4. The van der Waals surface area contributed by atoms with E-state index in [1.165, 1.54) is 12.8 Å². The number of hydrogen-bond acceptors (Lipinski definition) is 4. The van der Waals surface area contributed by atoms with Gasteiger partial charge in [0.1, 0.15) is 11.9 Å². The van der Waals surface area contributed by atoms with Gasteiger partial charge >= 0.3 is 0 Å². The molecule has 3 aromatic rings. The molecule has 1 atom stereocenters. The largest absolute Gasteiger partial charge is 0.370 e. The van der Waals surface area contributed by atoms with Gasteiger partial charge < -0.3 is 14.8 Å². The average Bonchev–Trinajstić information content (AvgIpc) is 3.07. The van der Waals surface area contributed by atoms with Crippen molar-refractivity contribution < 1.29 is 4.79 Å². The molecule has 6 heteroatoms. The lowest BCUT2D eigenvalue weighted by Gasteiger charge is -2.27. The smallest absolute Gasteiger partial charge is 0.249 e. The number of hydrogen-bond donors (Lipinski definition) is 1. The summed E-state index contributed by atoms with van der Waals surface area (Å²) in [6.07, 6.45) is 4.55. The maximum absolute atomic E-state index is 13.3. The third-order valence-electron chi connectivity index (χ3n) is 6.00. The number of anilines is 1. The molecule has 1 aliphatic rings. The van der Waals surface area contributed by atoms with E-state index in [2.05, 4.69) is 32.2 Å². The third kappa shape index (κ3) is 4.63. The van der Waals surface area contributed by atoms with Crippen LogP contribution < -0.4 is 5.32 Å². The molecule has 0 bridgehead atoms. The van der Waals surface area contributed by atoms with Crippen LogP contribution >= 0.6 is 0 Å². The molecule has 1 N–H and O–H groups in total. The van der Waals surface area contributed by atoms with Crippen LogP contribution in [0.4, 0.5) is 5.69 Å². The Hall–Kier alpha value is -3.15. The molecule has 2 aromatic carbocycles. The summed E-state index contributed by atoms with van der Waals surface area (Å²) in [5, 5.41) is 12.4. The van der Waals surface area contributed by atoms with Crippen molar-refractivity contribution in [3.8, 4) is 11.4 Å². The van der Waals surface area contributed by atoms with Gasteiger partial charge in [-0.3, -0.25) is 4.79 Å². The number of likely N-dealkylation sites (N-methyl/N-ethyl adjacent to an activating group) is 1. The lowest BCUT2D eigenvalue weighted by Crippen LogP contribution is -2.37. The van der Waals surface area contributed by atoms with Gasteiger partial charge in [-0.05, 0) is 44.4 Å². The van der Waals surface area contributed by atoms with Crippen molar-refractivity contribution in [2.45, 2.75) is 52.1 Å². The number of fused-ring (bicyclic) bond motifs is 1. The predicted octanol–water partition coefficient (Wildman–Crippen LogP) is 4.69. The first-order valence-electron chi connectivity index (χ1n) is 11.3. The molecule has 0 saturated carbocycles. The minimum Gasteiger partial charge on any atom is -0.370 e. The van der Waals surface area contributed by atoms with Gasteiger partial charge in [0.05, 0.1) is 0 Å². The third-order valence-corrected chi connectivity index (χ3v) is 6.00. The Morgan fingerprint density at radius 2 is 1.84 bits per heavy atom. The van der Waals surface area contributed by atoms with E-state index in [9.17, 15) is 4.79 Å². The second kappa shape index (κ2) is 9.77. The van der Waals surface area contributed by atoms with Crippen LogP contribution in [0.3, 0.4) is 0 Å². The molecule has 0 fully saturated rings. The molecule has 0 radical (unpaired) electrons. The highest BCUT2D eigenvalue weighted by atomic mass is 16.2. The molecule has 2 heterocycles. The summed E-state index contributed by atoms with van der Waals surface area (Å²) < 4.78 is 2.25. The maximum atomic E-state index is 13.3. The van der Waals surface area contributed by atoms with E-state index in [4.69, 9.17) is 0 Å². The van der Waals surface area contributed by atoms with Crippen molar-refractivity contribution in [2.75, 3.05) is 18.4 Å². The first kappa shape index (κ1) is 21.1. The summed E-state index contributed by atoms with van der Waals surface area (Å²) in [5.74, 6) is 2.06. The van der Waals surface area contributed by atoms with Gasteiger partial charge in [-0.15, -0.1) is 10.2 Å². The summed E-state index contributed by atoms with van der Waals surface area (Å²) in [7, 11) is 0. The minimum absolute atomic E-state index is 0.0814. The Morgan fingerprint density at radius 1 is 1.03 bits per heavy atom. The van der Waals surface area contributed by atoms with E-state index >= 15 is 0 Å². The van der Waals surface area contributed by atoms with E-state index in [1.807, 2.05) is 61.2 Å². The Balaban J connectivity index is 1.64. The zero-order chi connectivity index (χ0) is 21.6. The van der Waals surface area contributed by atoms with Crippen molar-refractivity contribution in [1.29, 1.82) is 0 Å². The fourth-order valence-corrected chi connectivity index (χ4v) is 4.26. The number of aromatic nitrogens is 3. The molecule has 31 heavy (non-hydrogen) atoms. The molecule has 0 saturated heterocycles. The standard InChI is InChI=1S/C25H31N5O/c1-3-29(4-2)25(31)23(19-12-7-5-8-13-19)26-21-15-11-14-20(18-21)24-28-27-22-16-9-6-10-17-30(22)24/h5,7-8,11-15,18,23,26H,3-4,6,9-10,16-17H2,1-2H3. The Labute approximate surface area is 184 Å². The lowest BCUT2D eigenvalue weighted by molar-refractivity contribution is -0.131. The summed E-state index contributed by atoms with van der Waals surface area (Å²) in [6.45, 7) is 6.36. The number of benzene rings is 2. The number of carbonyl (C=O) groups excluding carboxylic acids is 1. The number of aryl methyl sites for hydroxylation is 1. The van der Waals surface area contributed by atoms with Gasteiger partial charge in [-0.2, -0.15) is 0 Å². The number of nitrogens with zero attached hydrogens (tertiary/aromatic N) is 4. The molecule has 6 nitrogen and oxygen atoms in total. The summed E-state index contributed by atoms with van der Waals surface area (Å²) in [6, 6.07) is 17.7. The molecule has 4 rings (SSSR count). The maximum Gasteiger partial charge on any atom is 0.249 e. The highest BCUT2D eigenvalue weighted by molar-refractivity contribution is 5.86. The molecule has 1 aliphatic heterocycles. The van der Waals surface area contributed by atoms with Crippen molar-refractivity contribution >= 4 is 11.6 Å². The minimum atomic E-state index is -0.438. The topological polar surface area (TPSA) is 63.1 Å². The fourth-order valence-electron chi connectivity index (χ4n) is 4.26. The van der Waals surface area contributed by atoms with Crippen LogP contribution in [0.1, 0.15) is 50.5 Å². The molecule has 1 amide bonds. The second-order valence-electron chi connectivity index (χ2n) is 7.98.